The van der Waals surface area contributed by atoms with Crippen molar-refractivity contribution in [3.05, 3.63) is 33.3 Å². The van der Waals surface area contributed by atoms with Crippen LogP contribution in [0, 0.1) is 0 Å². The van der Waals surface area contributed by atoms with E-state index < -0.39 is 12.1 Å². The number of rotatable bonds is 2. The number of methoxy groups -OCH3 is 1. The zero-order valence-corrected chi connectivity index (χ0v) is 9.67. The molecular weight excluding hydrogens is 271 g/mol. The summed E-state index contributed by atoms with van der Waals surface area (Å²) in [5.41, 5.74) is 0.393. The van der Waals surface area contributed by atoms with Crippen molar-refractivity contribution >= 4 is 33.5 Å². The van der Waals surface area contributed by atoms with E-state index in [4.69, 9.17) is 11.6 Å². The van der Waals surface area contributed by atoms with Crippen molar-refractivity contribution in [2.45, 2.75) is 6.10 Å². The van der Waals surface area contributed by atoms with E-state index >= 15 is 0 Å². The van der Waals surface area contributed by atoms with Crippen molar-refractivity contribution < 1.29 is 14.6 Å². The summed E-state index contributed by atoms with van der Waals surface area (Å²) < 4.78 is 4.91. The number of benzene rings is 1. The van der Waals surface area contributed by atoms with Gasteiger partial charge in [0.25, 0.3) is 0 Å². The molecule has 1 atom stereocenters. The van der Waals surface area contributed by atoms with Crippen molar-refractivity contribution in [3.63, 3.8) is 0 Å². The Morgan fingerprint density at radius 2 is 2.29 bits per heavy atom. The zero-order chi connectivity index (χ0) is 10.7. The fourth-order valence-electron chi connectivity index (χ4n) is 0.970. The van der Waals surface area contributed by atoms with E-state index in [0.29, 0.717) is 15.1 Å². The lowest BCUT2D eigenvalue weighted by Gasteiger charge is -2.10. The normalized spacial score (nSPS) is 12.3. The highest BCUT2D eigenvalue weighted by Gasteiger charge is 2.21. The molecule has 0 aliphatic rings. The fourth-order valence-corrected chi connectivity index (χ4v) is 1.63. The summed E-state index contributed by atoms with van der Waals surface area (Å²) >= 11 is 8.97. The Morgan fingerprint density at radius 3 is 2.86 bits per heavy atom. The molecule has 0 amide bonds. The number of hydrogen-bond acceptors (Lipinski definition) is 3. The van der Waals surface area contributed by atoms with E-state index in [1.54, 1.807) is 18.2 Å². The van der Waals surface area contributed by atoms with E-state index in [1.165, 1.54) is 7.11 Å². The number of esters is 1. The largest absolute Gasteiger partial charge is 0.467 e. The van der Waals surface area contributed by atoms with E-state index in [0.717, 1.165) is 0 Å². The summed E-state index contributed by atoms with van der Waals surface area (Å²) in [4.78, 5) is 11.0. The topological polar surface area (TPSA) is 46.5 Å². The van der Waals surface area contributed by atoms with Crippen molar-refractivity contribution in [1.82, 2.24) is 0 Å². The van der Waals surface area contributed by atoms with Gasteiger partial charge in [-0.25, -0.2) is 4.79 Å². The lowest BCUT2D eigenvalue weighted by molar-refractivity contribution is -0.150. The number of hydrogen-bond donors (Lipinski definition) is 1. The summed E-state index contributed by atoms with van der Waals surface area (Å²) in [6.45, 7) is 0. The molecule has 76 valence electrons. The molecule has 0 saturated carbocycles. The third-order valence-electron chi connectivity index (χ3n) is 1.70. The predicted molar refractivity (Wildman–Crippen MR) is 56.1 cm³/mol. The highest BCUT2D eigenvalue weighted by atomic mass is 79.9. The van der Waals surface area contributed by atoms with Gasteiger partial charge in [-0.05, 0) is 22.0 Å². The van der Waals surface area contributed by atoms with Crippen LogP contribution in [0.5, 0.6) is 0 Å². The van der Waals surface area contributed by atoms with Crippen molar-refractivity contribution in [1.29, 1.82) is 0 Å². The van der Waals surface area contributed by atoms with Crippen LogP contribution in [0.1, 0.15) is 11.7 Å². The minimum atomic E-state index is -1.31. The smallest absolute Gasteiger partial charge is 0.339 e. The summed E-state index contributed by atoms with van der Waals surface area (Å²) in [6, 6.07) is 4.89. The second-order valence-electron chi connectivity index (χ2n) is 2.57. The average Bonchev–Trinajstić information content (AvgIpc) is 2.20. The number of aliphatic hydroxyl groups excluding tert-OH is 1. The first-order valence-electron chi connectivity index (χ1n) is 3.77. The monoisotopic (exact) mass is 278 g/mol. The van der Waals surface area contributed by atoms with Crippen molar-refractivity contribution in [2.75, 3.05) is 7.11 Å². The summed E-state index contributed by atoms with van der Waals surface area (Å²) in [7, 11) is 1.21. The van der Waals surface area contributed by atoms with Crippen LogP contribution < -0.4 is 0 Å². The molecule has 0 heterocycles. The molecule has 1 N–H and O–H groups in total. The van der Waals surface area contributed by atoms with Gasteiger partial charge >= 0.3 is 5.97 Å². The van der Waals surface area contributed by atoms with Gasteiger partial charge in [-0.1, -0.05) is 23.7 Å². The number of carbonyl (C=O) groups excluding carboxylic acids is 1. The summed E-state index contributed by atoms with van der Waals surface area (Å²) in [5, 5.41) is 9.97. The van der Waals surface area contributed by atoms with Crippen LogP contribution in [0.2, 0.25) is 5.02 Å². The molecule has 5 heteroatoms. The highest BCUT2D eigenvalue weighted by molar-refractivity contribution is 9.10. The van der Waals surface area contributed by atoms with E-state index in [9.17, 15) is 9.90 Å². The lowest BCUT2D eigenvalue weighted by atomic mass is 10.1. The highest BCUT2D eigenvalue weighted by Crippen LogP contribution is 2.30. The number of carbonyl (C=O) groups is 1. The minimum Gasteiger partial charge on any atom is -0.467 e. The Bertz CT molecular complexity index is 354. The molecule has 0 saturated heterocycles. The maximum atomic E-state index is 11.0. The molecule has 0 radical (unpaired) electrons. The Kier molecular flexibility index (Phi) is 3.92. The maximum absolute atomic E-state index is 11.0. The van der Waals surface area contributed by atoms with Crippen LogP contribution in [0.15, 0.2) is 22.7 Å². The number of aliphatic hydroxyl groups is 1. The predicted octanol–water partition coefficient (Wildman–Crippen LogP) is 2.31. The quantitative estimate of drug-likeness (QED) is 0.845. The molecule has 3 nitrogen and oxygen atoms in total. The summed E-state index contributed by atoms with van der Waals surface area (Å²) in [6.07, 6.45) is -1.31. The molecule has 14 heavy (non-hydrogen) atoms. The van der Waals surface area contributed by atoms with Gasteiger partial charge < -0.3 is 9.84 Å². The molecule has 0 aliphatic carbocycles. The standard InChI is InChI=1S/C9H8BrClO3/c1-14-9(13)8(12)5-3-2-4-6(11)7(5)10/h2-4,8,12H,1H3. The van der Waals surface area contributed by atoms with Crippen LogP contribution in [0.3, 0.4) is 0 Å². The van der Waals surface area contributed by atoms with Gasteiger partial charge in [0.2, 0.25) is 0 Å². The van der Waals surface area contributed by atoms with Crippen LogP contribution in [-0.4, -0.2) is 18.2 Å². The van der Waals surface area contributed by atoms with Crippen LogP contribution in [-0.2, 0) is 9.53 Å². The Hall–Kier alpha value is -0.580. The first-order valence-corrected chi connectivity index (χ1v) is 4.94. The van der Waals surface area contributed by atoms with Crippen molar-refractivity contribution in [2.24, 2.45) is 0 Å². The Labute approximate surface area is 94.8 Å². The number of halogens is 2. The van der Waals surface area contributed by atoms with Gasteiger partial charge in [-0.15, -0.1) is 0 Å². The Balaban J connectivity index is 3.07. The zero-order valence-electron chi connectivity index (χ0n) is 7.33. The maximum Gasteiger partial charge on any atom is 0.339 e. The SMILES string of the molecule is COC(=O)C(O)c1cccc(Cl)c1Br. The third kappa shape index (κ3) is 2.26. The molecule has 1 rings (SSSR count). The molecule has 1 aromatic carbocycles. The molecule has 0 bridgehead atoms. The third-order valence-corrected chi connectivity index (χ3v) is 3.13. The molecule has 1 aromatic rings. The average molecular weight is 280 g/mol. The molecular formula is C9H8BrClO3. The van der Waals surface area contributed by atoms with Gasteiger partial charge in [0.1, 0.15) is 0 Å². The second-order valence-corrected chi connectivity index (χ2v) is 3.77. The fraction of sp³-hybridized carbons (Fsp3) is 0.222. The molecule has 0 aliphatic heterocycles. The van der Waals surface area contributed by atoms with E-state index in [1.807, 2.05) is 0 Å². The van der Waals surface area contributed by atoms with Gasteiger partial charge in [-0.2, -0.15) is 0 Å². The Morgan fingerprint density at radius 1 is 1.64 bits per heavy atom. The van der Waals surface area contributed by atoms with Gasteiger partial charge in [0, 0.05) is 10.0 Å². The van der Waals surface area contributed by atoms with Crippen LogP contribution in [0.25, 0.3) is 0 Å². The second kappa shape index (κ2) is 4.77. The van der Waals surface area contributed by atoms with E-state index in [2.05, 4.69) is 20.7 Å². The van der Waals surface area contributed by atoms with E-state index in [-0.39, 0.29) is 0 Å². The molecule has 0 fully saturated rings. The summed E-state index contributed by atoms with van der Waals surface area (Å²) in [5.74, 6) is -0.715. The van der Waals surface area contributed by atoms with Gasteiger partial charge in [-0.3, -0.25) is 0 Å². The minimum absolute atomic E-state index is 0.393. The van der Waals surface area contributed by atoms with Crippen LogP contribution >= 0.6 is 27.5 Å². The van der Waals surface area contributed by atoms with Gasteiger partial charge in [0.05, 0.1) is 12.1 Å². The van der Waals surface area contributed by atoms with Crippen LogP contribution in [0.4, 0.5) is 0 Å². The first-order chi connectivity index (χ1) is 6.57. The van der Waals surface area contributed by atoms with Crippen molar-refractivity contribution in [3.8, 4) is 0 Å². The number of ether oxygens (including phenoxy) is 1. The molecule has 0 spiro atoms. The first kappa shape index (κ1) is 11.5. The van der Waals surface area contributed by atoms with Gasteiger partial charge in [0.15, 0.2) is 6.10 Å². The molecule has 1 unspecified atom stereocenters. The lowest BCUT2D eigenvalue weighted by Crippen LogP contribution is -2.13. The molecule has 0 aromatic heterocycles.